The Kier molecular flexibility index (Phi) is 7.72. The van der Waals surface area contributed by atoms with Gasteiger partial charge in [0.05, 0.1) is 18.7 Å². The van der Waals surface area contributed by atoms with Crippen LogP contribution in [0.25, 0.3) is 0 Å². The number of carbonyl (C=O) groups excluding carboxylic acids is 3. The fraction of sp³-hybridized carbons (Fsp3) is 0.259. The largest absolute Gasteiger partial charge is 0.494 e. The number of amides is 4. The van der Waals surface area contributed by atoms with Gasteiger partial charge in [-0.25, -0.2) is 9.69 Å². The van der Waals surface area contributed by atoms with E-state index in [0.717, 1.165) is 22.6 Å². The van der Waals surface area contributed by atoms with Crippen LogP contribution in [0.1, 0.15) is 25.3 Å². The molecule has 3 aromatic rings. The Morgan fingerprint density at radius 3 is 2.40 bits per heavy atom. The molecule has 1 saturated heterocycles. The maximum Gasteiger partial charge on any atom is 0.332 e. The van der Waals surface area contributed by atoms with Crippen LogP contribution in [0.3, 0.4) is 0 Å². The summed E-state index contributed by atoms with van der Waals surface area (Å²) in [7, 11) is 0. The second kappa shape index (κ2) is 11.3. The highest BCUT2D eigenvalue weighted by Gasteiger charge is 2.46. The molecule has 1 aliphatic rings. The Hall–Kier alpha value is -4.20. The van der Waals surface area contributed by atoms with E-state index in [-0.39, 0.29) is 12.3 Å². The fourth-order valence-corrected chi connectivity index (χ4v) is 3.94. The molecule has 1 N–H and O–H groups in total. The van der Waals surface area contributed by atoms with Crippen LogP contribution in [0, 0.1) is 0 Å². The summed E-state index contributed by atoms with van der Waals surface area (Å²) in [4.78, 5) is 46.1. The Balaban J connectivity index is 1.48. The van der Waals surface area contributed by atoms with Crippen molar-refractivity contribution in [1.29, 1.82) is 0 Å². The molecule has 0 bridgehead atoms. The maximum atomic E-state index is 13.3. The van der Waals surface area contributed by atoms with Crippen molar-refractivity contribution in [2.45, 2.75) is 32.2 Å². The van der Waals surface area contributed by atoms with Crippen LogP contribution in [0.4, 0.5) is 16.2 Å². The zero-order chi connectivity index (χ0) is 24.6. The predicted octanol–water partition coefficient (Wildman–Crippen LogP) is 4.28. The number of hydrogen-bond donors (Lipinski definition) is 1. The molecule has 1 unspecified atom stereocenters. The molecule has 4 rings (SSSR count). The SMILES string of the molecule is CCCOc1ccc(NC(=O)CC2C(=O)N(c3ccccc3)C(=O)N2CCc2ccncc2)cc1. The Morgan fingerprint density at radius 1 is 1.00 bits per heavy atom. The Labute approximate surface area is 204 Å². The molecule has 1 fully saturated rings. The predicted molar refractivity (Wildman–Crippen MR) is 133 cm³/mol. The number of nitrogens with zero attached hydrogens (tertiary/aromatic N) is 3. The summed E-state index contributed by atoms with van der Waals surface area (Å²) in [6.45, 7) is 2.96. The molecule has 0 aliphatic carbocycles. The average molecular weight is 473 g/mol. The molecule has 1 aliphatic heterocycles. The van der Waals surface area contributed by atoms with E-state index in [1.165, 1.54) is 4.90 Å². The number of nitrogens with one attached hydrogen (secondary N) is 1. The van der Waals surface area contributed by atoms with E-state index in [2.05, 4.69) is 10.3 Å². The van der Waals surface area contributed by atoms with E-state index in [1.807, 2.05) is 25.1 Å². The lowest BCUT2D eigenvalue weighted by molar-refractivity contribution is -0.124. The van der Waals surface area contributed by atoms with Crippen molar-refractivity contribution in [3.63, 3.8) is 0 Å². The molecular formula is C27H28N4O4. The van der Waals surface area contributed by atoms with Gasteiger partial charge < -0.3 is 15.0 Å². The van der Waals surface area contributed by atoms with Crippen molar-refractivity contribution in [3.8, 4) is 5.75 Å². The van der Waals surface area contributed by atoms with Gasteiger partial charge in [0.15, 0.2) is 0 Å². The number of carbonyl (C=O) groups is 3. The summed E-state index contributed by atoms with van der Waals surface area (Å²) in [5.74, 6) is -0.0289. The van der Waals surface area contributed by atoms with Crippen LogP contribution in [-0.2, 0) is 16.0 Å². The normalized spacial score (nSPS) is 15.4. The van der Waals surface area contributed by atoms with Gasteiger partial charge in [0.25, 0.3) is 5.91 Å². The Bertz CT molecular complexity index is 1150. The van der Waals surface area contributed by atoms with Gasteiger partial charge in [-0.3, -0.25) is 14.6 Å². The van der Waals surface area contributed by atoms with Gasteiger partial charge in [-0.05, 0) is 66.9 Å². The third-order valence-corrected chi connectivity index (χ3v) is 5.71. The van der Waals surface area contributed by atoms with Crippen molar-refractivity contribution in [2.24, 2.45) is 0 Å². The summed E-state index contributed by atoms with van der Waals surface area (Å²) in [6.07, 6.45) is 4.68. The van der Waals surface area contributed by atoms with E-state index in [0.29, 0.717) is 30.9 Å². The summed E-state index contributed by atoms with van der Waals surface area (Å²) in [5, 5.41) is 2.82. The molecule has 0 saturated carbocycles. The smallest absolute Gasteiger partial charge is 0.332 e. The van der Waals surface area contributed by atoms with Crippen LogP contribution < -0.4 is 15.0 Å². The van der Waals surface area contributed by atoms with Gasteiger partial charge in [-0.2, -0.15) is 0 Å². The lowest BCUT2D eigenvalue weighted by Crippen LogP contribution is -2.39. The van der Waals surface area contributed by atoms with E-state index >= 15 is 0 Å². The molecule has 8 heteroatoms. The molecule has 1 aromatic heterocycles. The van der Waals surface area contributed by atoms with Crippen LogP contribution in [0.15, 0.2) is 79.1 Å². The van der Waals surface area contributed by atoms with Gasteiger partial charge in [-0.1, -0.05) is 25.1 Å². The van der Waals surface area contributed by atoms with Gasteiger partial charge in [-0.15, -0.1) is 0 Å². The number of imide groups is 1. The maximum absolute atomic E-state index is 13.3. The van der Waals surface area contributed by atoms with Crippen molar-refractivity contribution in [1.82, 2.24) is 9.88 Å². The van der Waals surface area contributed by atoms with Crippen LogP contribution in [-0.4, -0.2) is 46.9 Å². The third kappa shape index (κ3) is 5.84. The zero-order valence-corrected chi connectivity index (χ0v) is 19.6. The zero-order valence-electron chi connectivity index (χ0n) is 19.6. The van der Waals surface area contributed by atoms with Gasteiger partial charge in [0.2, 0.25) is 5.91 Å². The third-order valence-electron chi connectivity index (χ3n) is 5.71. The number of para-hydroxylation sites is 1. The monoisotopic (exact) mass is 472 g/mol. The fourth-order valence-electron chi connectivity index (χ4n) is 3.94. The number of ether oxygens (including phenoxy) is 1. The number of aromatic nitrogens is 1. The first-order valence-corrected chi connectivity index (χ1v) is 11.7. The molecule has 0 spiro atoms. The van der Waals surface area contributed by atoms with Gasteiger partial charge in [0.1, 0.15) is 11.8 Å². The number of pyridine rings is 1. The van der Waals surface area contributed by atoms with Crippen molar-refractivity contribution in [3.05, 3.63) is 84.7 Å². The molecule has 4 amide bonds. The first kappa shape index (κ1) is 23.9. The molecular weight excluding hydrogens is 444 g/mol. The van der Waals surface area contributed by atoms with Crippen molar-refractivity contribution >= 4 is 29.2 Å². The lowest BCUT2D eigenvalue weighted by Gasteiger charge is -2.21. The number of benzene rings is 2. The van der Waals surface area contributed by atoms with E-state index in [1.54, 1.807) is 60.9 Å². The number of rotatable bonds is 10. The number of urea groups is 1. The number of anilines is 2. The van der Waals surface area contributed by atoms with Crippen LogP contribution in [0.2, 0.25) is 0 Å². The molecule has 2 aromatic carbocycles. The Morgan fingerprint density at radius 2 is 1.71 bits per heavy atom. The minimum atomic E-state index is -0.892. The van der Waals surface area contributed by atoms with Gasteiger partial charge in [0, 0.05) is 24.6 Å². The quantitative estimate of drug-likeness (QED) is 0.445. The minimum absolute atomic E-state index is 0.141. The van der Waals surface area contributed by atoms with Crippen molar-refractivity contribution < 1.29 is 19.1 Å². The molecule has 35 heavy (non-hydrogen) atoms. The number of hydrogen-bond acceptors (Lipinski definition) is 5. The van der Waals surface area contributed by atoms with Gasteiger partial charge >= 0.3 is 6.03 Å². The second-order valence-electron chi connectivity index (χ2n) is 8.23. The standard InChI is InChI=1S/C27H28N4O4/c1-2-18-35-23-10-8-21(9-11-23)29-25(32)19-24-26(33)31(22-6-4-3-5-7-22)27(34)30(24)17-14-20-12-15-28-16-13-20/h3-13,15-16,24H,2,14,17-19H2,1H3,(H,29,32). The highest BCUT2D eigenvalue weighted by atomic mass is 16.5. The van der Waals surface area contributed by atoms with Crippen LogP contribution >= 0.6 is 0 Å². The van der Waals surface area contributed by atoms with E-state index < -0.39 is 18.0 Å². The average Bonchev–Trinajstić information content (AvgIpc) is 3.11. The first-order valence-electron chi connectivity index (χ1n) is 11.7. The topological polar surface area (TPSA) is 91.8 Å². The highest BCUT2D eigenvalue weighted by molar-refractivity contribution is 6.22. The summed E-state index contributed by atoms with van der Waals surface area (Å²) in [6, 6.07) is 18.3. The van der Waals surface area contributed by atoms with Crippen molar-refractivity contribution in [2.75, 3.05) is 23.4 Å². The minimum Gasteiger partial charge on any atom is -0.494 e. The molecule has 0 radical (unpaired) electrons. The van der Waals surface area contributed by atoms with E-state index in [4.69, 9.17) is 4.74 Å². The van der Waals surface area contributed by atoms with Crippen LogP contribution in [0.5, 0.6) is 5.75 Å². The summed E-state index contributed by atoms with van der Waals surface area (Å²) >= 11 is 0. The second-order valence-corrected chi connectivity index (χ2v) is 8.23. The first-order chi connectivity index (χ1) is 17.1. The summed E-state index contributed by atoms with van der Waals surface area (Å²) < 4.78 is 5.57. The van der Waals surface area contributed by atoms with E-state index in [9.17, 15) is 14.4 Å². The molecule has 8 nitrogen and oxygen atoms in total. The molecule has 2 heterocycles. The highest BCUT2D eigenvalue weighted by Crippen LogP contribution is 2.27. The summed E-state index contributed by atoms with van der Waals surface area (Å²) in [5.41, 5.74) is 2.08. The molecule has 1 atom stereocenters. The lowest BCUT2D eigenvalue weighted by atomic mass is 10.1. The molecule has 180 valence electrons.